The number of unbranched alkanes of at least 4 members (excludes halogenated alkanes) is 3. The predicted molar refractivity (Wildman–Crippen MR) is 94.2 cm³/mol. The molecule has 0 aliphatic carbocycles. The van der Waals surface area contributed by atoms with Crippen LogP contribution in [0.1, 0.15) is 36.0 Å². The molecule has 0 saturated heterocycles. The van der Waals surface area contributed by atoms with Crippen molar-refractivity contribution in [3.8, 4) is 0 Å². The van der Waals surface area contributed by atoms with E-state index in [1.165, 1.54) is 25.0 Å². The molecule has 0 unspecified atom stereocenters. The lowest BCUT2D eigenvalue weighted by molar-refractivity contribution is 0.0827. The molecule has 1 aromatic carbocycles. The van der Waals surface area contributed by atoms with Gasteiger partial charge in [0, 0.05) is 26.2 Å². The first-order valence-corrected chi connectivity index (χ1v) is 8.79. The van der Waals surface area contributed by atoms with Crippen molar-refractivity contribution in [2.24, 2.45) is 0 Å². The summed E-state index contributed by atoms with van der Waals surface area (Å²) in [5.74, 6) is 1.23. The molecule has 0 aliphatic heterocycles. The molecule has 0 aromatic heterocycles. The van der Waals surface area contributed by atoms with E-state index in [9.17, 15) is 4.79 Å². The number of nitrogen functional groups attached to an aromatic ring is 1. The number of thioether (sulfide) groups is 1. The smallest absolute Gasteiger partial charge is 0.253 e. The second kappa shape index (κ2) is 9.55. The Morgan fingerprint density at radius 3 is 2.57 bits per heavy atom. The second-order valence-corrected chi connectivity index (χ2v) is 6.32. The van der Waals surface area contributed by atoms with Crippen LogP contribution in [0.4, 0.5) is 11.4 Å². The molecule has 4 nitrogen and oxygen atoms in total. The third-order valence-electron chi connectivity index (χ3n) is 3.30. The summed E-state index contributed by atoms with van der Waals surface area (Å²) in [6.45, 7) is 0.921. The average Bonchev–Trinajstić information content (AvgIpc) is 2.46. The van der Waals surface area contributed by atoms with Gasteiger partial charge in [0.1, 0.15) is 0 Å². The Morgan fingerprint density at radius 1 is 1.24 bits per heavy atom. The molecule has 1 rings (SSSR count). The van der Waals surface area contributed by atoms with Crippen molar-refractivity contribution in [3.05, 3.63) is 23.8 Å². The zero-order chi connectivity index (χ0) is 15.7. The van der Waals surface area contributed by atoms with E-state index in [-0.39, 0.29) is 5.91 Å². The summed E-state index contributed by atoms with van der Waals surface area (Å²) in [4.78, 5) is 13.4. The quantitative estimate of drug-likeness (QED) is 0.543. The van der Waals surface area contributed by atoms with Crippen molar-refractivity contribution in [1.29, 1.82) is 0 Å². The normalized spacial score (nSPS) is 10.4. The second-order valence-electron chi connectivity index (χ2n) is 5.34. The van der Waals surface area contributed by atoms with Crippen molar-refractivity contribution in [2.75, 3.05) is 43.7 Å². The fraction of sp³-hybridized carbons (Fsp3) is 0.562. The molecule has 0 atom stereocenters. The van der Waals surface area contributed by atoms with E-state index < -0.39 is 0 Å². The number of benzene rings is 1. The number of rotatable bonds is 9. The van der Waals surface area contributed by atoms with Gasteiger partial charge in [-0.05, 0) is 43.0 Å². The number of carbonyl (C=O) groups is 1. The maximum atomic E-state index is 11.8. The van der Waals surface area contributed by atoms with Crippen molar-refractivity contribution < 1.29 is 4.79 Å². The van der Waals surface area contributed by atoms with E-state index in [4.69, 9.17) is 5.73 Å². The number of nitrogens with two attached hydrogens (primary N) is 1. The fourth-order valence-electron chi connectivity index (χ4n) is 2.06. The molecule has 0 radical (unpaired) electrons. The number of hydrogen-bond acceptors (Lipinski definition) is 4. The highest BCUT2D eigenvalue weighted by Gasteiger charge is 2.09. The lowest BCUT2D eigenvalue weighted by atomic mass is 10.1. The highest BCUT2D eigenvalue weighted by atomic mass is 32.2. The lowest BCUT2D eigenvalue weighted by Crippen LogP contribution is -2.21. The van der Waals surface area contributed by atoms with Gasteiger partial charge in [-0.2, -0.15) is 11.8 Å². The van der Waals surface area contributed by atoms with E-state index in [0.29, 0.717) is 11.3 Å². The summed E-state index contributed by atoms with van der Waals surface area (Å²) in [5, 5.41) is 3.34. The first-order valence-electron chi connectivity index (χ1n) is 7.40. The van der Waals surface area contributed by atoms with Gasteiger partial charge < -0.3 is 16.0 Å². The molecule has 1 amide bonds. The topological polar surface area (TPSA) is 58.4 Å². The highest BCUT2D eigenvalue weighted by molar-refractivity contribution is 7.98. The third-order valence-corrected chi connectivity index (χ3v) is 3.99. The van der Waals surface area contributed by atoms with Gasteiger partial charge in [0.2, 0.25) is 0 Å². The van der Waals surface area contributed by atoms with Crippen LogP contribution in [0.15, 0.2) is 18.2 Å². The summed E-state index contributed by atoms with van der Waals surface area (Å²) in [7, 11) is 3.48. The standard InChI is InChI=1S/C16H27N3OS/c1-19(2)16(20)13-8-9-15(14(17)12-13)18-10-6-4-5-7-11-21-3/h8-9,12,18H,4-7,10-11,17H2,1-3H3. The van der Waals surface area contributed by atoms with Gasteiger partial charge in [-0.1, -0.05) is 12.8 Å². The van der Waals surface area contributed by atoms with E-state index in [1.807, 2.05) is 23.9 Å². The average molecular weight is 309 g/mol. The van der Waals surface area contributed by atoms with E-state index in [0.717, 1.165) is 18.7 Å². The maximum Gasteiger partial charge on any atom is 0.253 e. The van der Waals surface area contributed by atoms with E-state index >= 15 is 0 Å². The summed E-state index contributed by atoms with van der Waals surface area (Å²) < 4.78 is 0. The van der Waals surface area contributed by atoms with Crippen molar-refractivity contribution in [1.82, 2.24) is 4.90 Å². The van der Waals surface area contributed by atoms with Gasteiger partial charge >= 0.3 is 0 Å². The predicted octanol–water partition coefficient (Wildman–Crippen LogP) is 3.31. The Bertz CT molecular complexity index is 449. The Balaban J connectivity index is 2.38. The third kappa shape index (κ3) is 6.29. The van der Waals surface area contributed by atoms with E-state index in [1.54, 1.807) is 25.1 Å². The summed E-state index contributed by atoms with van der Waals surface area (Å²) in [6, 6.07) is 5.45. The Hall–Kier alpha value is -1.36. The van der Waals surface area contributed by atoms with Gasteiger partial charge in [0.25, 0.3) is 5.91 Å². The maximum absolute atomic E-state index is 11.8. The van der Waals surface area contributed by atoms with Gasteiger partial charge in [-0.15, -0.1) is 0 Å². The lowest BCUT2D eigenvalue weighted by Gasteiger charge is -2.13. The van der Waals surface area contributed by atoms with E-state index in [2.05, 4.69) is 11.6 Å². The summed E-state index contributed by atoms with van der Waals surface area (Å²) in [5.41, 5.74) is 8.17. The van der Waals surface area contributed by atoms with Crippen LogP contribution < -0.4 is 11.1 Å². The first kappa shape index (κ1) is 17.7. The Labute approximate surface area is 132 Å². The minimum absolute atomic E-state index is 0.0259. The first-order chi connectivity index (χ1) is 10.1. The van der Waals surface area contributed by atoms with Gasteiger partial charge in [0.15, 0.2) is 0 Å². The number of amides is 1. The molecular weight excluding hydrogens is 282 g/mol. The minimum Gasteiger partial charge on any atom is -0.397 e. The van der Waals surface area contributed by atoms with Crippen LogP contribution in [0.2, 0.25) is 0 Å². The van der Waals surface area contributed by atoms with Gasteiger partial charge in [-0.25, -0.2) is 0 Å². The van der Waals surface area contributed by atoms with Crippen molar-refractivity contribution >= 4 is 29.0 Å². The largest absolute Gasteiger partial charge is 0.397 e. The molecule has 118 valence electrons. The summed E-state index contributed by atoms with van der Waals surface area (Å²) in [6.07, 6.45) is 7.12. The zero-order valence-corrected chi connectivity index (χ0v) is 14.1. The minimum atomic E-state index is -0.0259. The molecule has 0 aliphatic rings. The van der Waals surface area contributed by atoms with Crippen LogP contribution >= 0.6 is 11.8 Å². The van der Waals surface area contributed by atoms with Crippen LogP contribution in [0, 0.1) is 0 Å². The molecule has 1 aromatic rings. The number of hydrogen-bond donors (Lipinski definition) is 2. The number of anilines is 2. The van der Waals surface area contributed by atoms with Crippen LogP contribution in [0.25, 0.3) is 0 Å². The highest BCUT2D eigenvalue weighted by Crippen LogP contribution is 2.20. The number of carbonyl (C=O) groups excluding carboxylic acids is 1. The Kier molecular flexibility index (Phi) is 8.05. The van der Waals surface area contributed by atoms with Crippen molar-refractivity contribution in [2.45, 2.75) is 25.7 Å². The van der Waals surface area contributed by atoms with Crippen LogP contribution in [-0.4, -0.2) is 43.5 Å². The molecule has 0 spiro atoms. The zero-order valence-electron chi connectivity index (χ0n) is 13.3. The number of nitrogens with one attached hydrogen (secondary N) is 1. The fourth-order valence-corrected chi connectivity index (χ4v) is 2.56. The number of nitrogens with zero attached hydrogens (tertiary/aromatic N) is 1. The van der Waals surface area contributed by atoms with Crippen LogP contribution in [0.3, 0.4) is 0 Å². The van der Waals surface area contributed by atoms with Gasteiger partial charge in [-0.3, -0.25) is 4.79 Å². The van der Waals surface area contributed by atoms with Crippen LogP contribution in [-0.2, 0) is 0 Å². The molecule has 0 heterocycles. The molecule has 0 saturated carbocycles. The van der Waals surface area contributed by atoms with Crippen molar-refractivity contribution in [3.63, 3.8) is 0 Å². The summed E-state index contributed by atoms with van der Waals surface area (Å²) >= 11 is 1.91. The molecule has 21 heavy (non-hydrogen) atoms. The molecule has 3 N–H and O–H groups in total. The van der Waals surface area contributed by atoms with Gasteiger partial charge in [0.05, 0.1) is 11.4 Å². The molecular formula is C16H27N3OS. The Morgan fingerprint density at radius 2 is 1.95 bits per heavy atom. The monoisotopic (exact) mass is 309 g/mol. The molecule has 0 fully saturated rings. The molecule has 5 heteroatoms. The SMILES string of the molecule is CSCCCCCCNc1ccc(C(=O)N(C)C)cc1N. The molecule has 0 bridgehead atoms. The van der Waals surface area contributed by atoms with Crippen LogP contribution in [0.5, 0.6) is 0 Å².